The van der Waals surface area contributed by atoms with Crippen LogP contribution in [0.2, 0.25) is 0 Å². The van der Waals surface area contributed by atoms with Gasteiger partial charge in [0.1, 0.15) is 5.82 Å². The van der Waals surface area contributed by atoms with Gasteiger partial charge in [-0.05, 0) is 49.7 Å². The molecule has 1 aliphatic rings. The second kappa shape index (κ2) is 10.8. The Morgan fingerprint density at radius 2 is 2.16 bits per heavy atom. The number of phenolic OH excluding ortho intramolecular Hbond substituents is 1. The van der Waals surface area contributed by atoms with Gasteiger partial charge in [-0.2, -0.15) is 0 Å². The number of aromatic nitrogens is 4. The molecule has 170 valence electrons. The summed E-state index contributed by atoms with van der Waals surface area (Å²) in [6.07, 6.45) is 4.17. The second-order valence-corrected chi connectivity index (χ2v) is 8.88. The minimum absolute atomic E-state index is 0.143. The Balaban J connectivity index is 1.47. The van der Waals surface area contributed by atoms with Crippen LogP contribution in [-0.2, 0) is 30.1 Å². The van der Waals surface area contributed by atoms with Crippen molar-refractivity contribution in [3.8, 4) is 11.5 Å². The number of thioether (sulfide) groups is 1. The van der Waals surface area contributed by atoms with Crippen molar-refractivity contribution in [3.05, 3.63) is 59.7 Å². The molecule has 3 heterocycles. The summed E-state index contributed by atoms with van der Waals surface area (Å²) in [6, 6.07) is 11.4. The maximum atomic E-state index is 9.83. The number of phenols is 1. The van der Waals surface area contributed by atoms with E-state index in [9.17, 15) is 5.11 Å². The molecule has 1 atom stereocenters. The highest BCUT2D eigenvalue weighted by molar-refractivity contribution is 7.98. The third-order valence-corrected chi connectivity index (χ3v) is 6.39. The first kappa shape index (κ1) is 22.6. The van der Waals surface area contributed by atoms with Crippen molar-refractivity contribution in [1.29, 1.82) is 0 Å². The zero-order chi connectivity index (χ0) is 22.3. The van der Waals surface area contributed by atoms with Crippen molar-refractivity contribution in [2.24, 2.45) is 0 Å². The van der Waals surface area contributed by atoms with Gasteiger partial charge in [0.05, 0.1) is 32.0 Å². The van der Waals surface area contributed by atoms with Crippen molar-refractivity contribution in [2.45, 2.75) is 49.5 Å². The lowest BCUT2D eigenvalue weighted by Crippen LogP contribution is -2.23. The molecule has 3 aromatic rings. The molecule has 0 aliphatic carbocycles. The van der Waals surface area contributed by atoms with Crippen molar-refractivity contribution in [2.75, 3.05) is 20.8 Å². The van der Waals surface area contributed by atoms with Gasteiger partial charge in [0.25, 0.3) is 0 Å². The summed E-state index contributed by atoms with van der Waals surface area (Å²) in [5.74, 6) is 2.28. The first-order chi connectivity index (χ1) is 15.6. The van der Waals surface area contributed by atoms with E-state index in [1.807, 2.05) is 43.6 Å². The highest BCUT2D eigenvalue weighted by Gasteiger charge is 2.22. The van der Waals surface area contributed by atoms with Crippen molar-refractivity contribution in [3.63, 3.8) is 0 Å². The average molecular weight is 456 g/mol. The number of nitrogens with zero attached hydrogens (tertiary/aromatic N) is 5. The Bertz CT molecular complexity index is 1010. The zero-order valence-electron chi connectivity index (χ0n) is 18.5. The predicted octanol–water partition coefficient (Wildman–Crippen LogP) is 3.49. The van der Waals surface area contributed by atoms with E-state index in [1.54, 1.807) is 24.9 Å². The molecule has 1 saturated heterocycles. The van der Waals surface area contributed by atoms with Crippen LogP contribution in [0.3, 0.4) is 0 Å². The molecule has 8 nitrogen and oxygen atoms in total. The molecule has 1 aliphatic heterocycles. The maximum absolute atomic E-state index is 9.83. The topological polar surface area (TPSA) is 85.5 Å². The average Bonchev–Trinajstić information content (AvgIpc) is 3.45. The summed E-state index contributed by atoms with van der Waals surface area (Å²) in [7, 11) is 3.60. The van der Waals surface area contributed by atoms with Gasteiger partial charge in [0.2, 0.25) is 0 Å². The van der Waals surface area contributed by atoms with Crippen LogP contribution in [0.15, 0.2) is 47.8 Å². The summed E-state index contributed by atoms with van der Waals surface area (Å²) in [4.78, 5) is 6.59. The van der Waals surface area contributed by atoms with Gasteiger partial charge >= 0.3 is 0 Å². The fraction of sp³-hybridized carbons (Fsp3) is 0.435. The van der Waals surface area contributed by atoms with Crippen LogP contribution in [0.1, 0.15) is 29.9 Å². The van der Waals surface area contributed by atoms with Crippen molar-refractivity contribution >= 4 is 11.8 Å². The molecular weight excluding hydrogens is 426 g/mol. The van der Waals surface area contributed by atoms with E-state index in [1.165, 1.54) is 0 Å². The van der Waals surface area contributed by atoms with Gasteiger partial charge < -0.3 is 19.1 Å². The molecule has 2 aromatic heterocycles. The minimum Gasteiger partial charge on any atom is -0.504 e. The van der Waals surface area contributed by atoms with Gasteiger partial charge in [-0.1, -0.05) is 23.9 Å². The summed E-state index contributed by atoms with van der Waals surface area (Å²) in [5, 5.41) is 19.7. The molecule has 32 heavy (non-hydrogen) atoms. The Kier molecular flexibility index (Phi) is 7.62. The fourth-order valence-corrected chi connectivity index (χ4v) is 4.65. The Labute approximate surface area is 192 Å². The van der Waals surface area contributed by atoms with Gasteiger partial charge in [0.15, 0.2) is 16.7 Å². The summed E-state index contributed by atoms with van der Waals surface area (Å²) < 4.78 is 13.3. The van der Waals surface area contributed by atoms with Crippen LogP contribution in [0, 0.1) is 0 Å². The third kappa shape index (κ3) is 5.79. The number of pyridine rings is 1. The largest absolute Gasteiger partial charge is 0.504 e. The van der Waals surface area contributed by atoms with E-state index in [0.29, 0.717) is 18.8 Å². The van der Waals surface area contributed by atoms with E-state index in [0.717, 1.165) is 54.0 Å². The van der Waals surface area contributed by atoms with Crippen LogP contribution in [0.5, 0.6) is 11.5 Å². The SMILES string of the molecule is COc1cc(CN(C)Cc2nnc(SCc3ccccn3)n2CC2CCCO2)ccc1O. The van der Waals surface area contributed by atoms with Gasteiger partial charge in [-0.3, -0.25) is 9.88 Å². The molecule has 0 saturated carbocycles. The zero-order valence-corrected chi connectivity index (χ0v) is 19.3. The van der Waals surface area contributed by atoms with E-state index in [2.05, 4.69) is 24.6 Å². The lowest BCUT2D eigenvalue weighted by atomic mass is 10.2. The standard InChI is InChI=1S/C23H29N5O3S/c1-27(13-17-8-9-20(29)21(12-17)30-2)15-22-25-26-23(28(22)14-19-7-5-11-31-19)32-16-18-6-3-4-10-24-18/h3-4,6,8-10,12,19,29H,5,7,11,13-16H2,1-2H3. The quantitative estimate of drug-likeness (QED) is 0.465. The molecule has 0 spiro atoms. The Morgan fingerprint density at radius 1 is 1.25 bits per heavy atom. The van der Waals surface area contributed by atoms with E-state index < -0.39 is 0 Å². The van der Waals surface area contributed by atoms with E-state index in [4.69, 9.17) is 9.47 Å². The maximum Gasteiger partial charge on any atom is 0.191 e. The second-order valence-electron chi connectivity index (χ2n) is 7.93. The van der Waals surface area contributed by atoms with Gasteiger partial charge in [-0.15, -0.1) is 10.2 Å². The molecule has 0 radical (unpaired) electrons. The molecule has 9 heteroatoms. The Morgan fingerprint density at radius 3 is 2.91 bits per heavy atom. The van der Waals surface area contributed by atoms with Crippen LogP contribution in [0.25, 0.3) is 0 Å². The number of hydrogen-bond donors (Lipinski definition) is 1. The number of rotatable bonds is 10. The smallest absolute Gasteiger partial charge is 0.191 e. The number of hydrogen-bond acceptors (Lipinski definition) is 8. The van der Waals surface area contributed by atoms with Crippen LogP contribution in [-0.4, -0.2) is 56.6 Å². The molecule has 0 amide bonds. The van der Waals surface area contributed by atoms with Crippen molar-refractivity contribution < 1.29 is 14.6 Å². The van der Waals surface area contributed by atoms with Crippen LogP contribution < -0.4 is 4.74 Å². The summed E-state index contributed by atoms with van der Waals surface area (Å²) in [6.45, 7) is 2.92. The molecule has 1 fully saturated rings. The first-order valence-corrected chi connectivity index (χ1v) is 11.7. The number of ether oxygens (including phenoxy) is 2. The summed E-state index contributed by atoms with van der Waals surface area (Å²) in [5.41, 5.74) is 2.07. The van der Waals surface area contributed by atoms with Crippen molar-refractivity contribution in [1.82, 2.24) is 24.6 Å². The molecule has 1 unspecified atom stereocenters. The third-order valence-electron chi connectivity index (χ3n) is 5.39. The van der Waals surface area contributed by atoms with Crippen LogP contribution >= 0.6 is 11.8 Å². The number of aromatic hydroxyl groups is 1. The van der Waals surface area contributed by atoms with E-state index >= 15 is 0 Å². The fourth-order valence-electron chi connectivity index (χ4n) is 3.77. The Hall–Kier alpha value is -2.62. The number of benzene rings is 1. The first-order valence-electron chi connectivity index (χ1n) is 10.7. The van der Waals surface area contributed by atoms with Crippen LogP contribution in [0.4, 0.5) is 0 Å². The predicted molar refractivity (Wildman–Crippen MR) is 123 cm³/mol. The van der Waals surface area contributed by atoms with E-state index in [-0.39, 0.29) is 11.9 Å². The summed E-state index contributed by atoms with van der Waals surface area (Å²) >= 11 is 1.65. The normalized spacial score (nSPS) is 16.0. The van der Waals surface area contributed by atoms with Gasteiger partial charge in [0, 0.05) is 25.1 Å². The molecule has 4 rings (SSSR count). The number of methoxy groups -OCH3 is 1. The lowest BCUT2D eigenvalue weighted by Gasteiger charge is -2.19. The van der Waals surface area contributed by atoms with Gasteiger partial charge in [-0.25, -0.2) is 0 Å². The molecule has 1 aromatic carbocycles. The molecular formula is C23H29N5O3S. The highest BCUT2D eigenvalue weighted by atomic mass is 32.2. The molecule has 0 bridgehead atoms. The minimum atomic E-state index is 0.143. The lowest BCUT2D eigenvalue weighted by molar-refractivity contribution is 0.0934. The monoisotopic (exact) mass is 455 g/mol. The molecule has 1 N–H and O–H groups in total. The highest BCUT2D eigenvalue weighted by Crippen LogP contribution is 2.27.